The Hall–Kier alpha value is -0.500. The Morgan fingerprint density at radius 2 is 2.00 bits per heavy atom. The molecule has 0 aliphatic carbocycles. The van der Waals surface area contributed by atoms with Gasteiger partial charge in [-0.3, -0.25) is 0 Å². The molecule has 0 bridgehead atoms. The first kappa shape index (κ1) is 11.5. The zero-order chi connectivity index (χ0) is 9.56. The standard InChI is InChI=1S/C10H21NO/c1-6-12-8-7-10(9(2)3)11(4)5/h7,9H,6,8H2,1-5H3/b10-7+. The lowest BCUT2D eigenvalue weighted by Crippen LogP contribution is -2.16. The maximum absolute atomic E-state index is 5.26. The Kier molecular flexibility index (Phi) is 5.81. The third-order valence-electron chi connectivity index (χ3n) is 1.72. The van der Waals surface area contributed by atoms with Crippen LogP contribution in [0.15, 0.2) is 11.8 Å². The molecule has 0 atom stereocenters. The molecule has 0 aliphatic rings. The van der Waals surface area contributed by atoms with Crippen LogP contribution in [0.3, 0.4) is 0 Å². The Balaban J connectivity index is 4.00. The van der Waals surface area contributed by atoms with Gasteiger partial charge in [-0.1, -0.05) is 13.8 Å². The van der Waals surface area contributed by atoms with Gasteiger partial charge in [0, 0.05) is 26.4 Å². The monoisotopic (exact) mass is 171 g/mol. The summed E-state index contributed by atoms with van der Waals surface area (Å²) in [6.07, 6.45) is 2.15. The van der Waals surface area contributed by atoms with Crippen molar-refractivity contribution in [2.45, 2.75) is 20.8 Å². The van der Waals surface area contributed by atoms with E-state index in [1.54, 1.807) is 0 Å². The predicted octanol–water partition coefficient (Wildman–Crippen LogP) is 2.12. The summed E-state index contributed by atoms with van der Waals surface area (Å²) in [7, 11) is 4.13. The van der Waals surface area contributed by atoms with E-state index in [0.717, 1.165) is 13.2 Å². The van der Waals surface area contributed by atoms with Crippen LogP contribution >= 0.6 is 0 Å². The summed E-state index contributed by atoms with van der Waals surface area (Å²) in [5, 5.41) is 0. The lowest BCUT2D eigenvalue weighted by Gasteiger charge is -2.20. The number of nitrogens with zero attached hydrogens (tertiary/aromatic N) is 1. The second-order valence-corrected chi connectivity index (χ2v) is 3.34. The van der Waals surface area contributed by atoms with Gasteiger partial charge in [0.15, 0.2) is 0 Å². The average molecular weight is 171 g/mol. The normalized spacial score (nSPS) is 12.3. The first-order valence-corrected chi connectivity index (χ1v) is 4.54. The molecule has 0 spiro atoms. The van der Waals surface area contributed by atoms with E-state index in [1.807, 2.05) is 6.92 Å². The van der Waals surface area contributed by atoms with Crippen molar-refractivity contribution in [1.82, 2.24) is 4.90 Å². The van der Waals surface area contributed by atoms with Gasteiger partial charge < -0.3 is 9.64 Å². The molecule has 0 rings (SSSR count). The molecular formula is C10H21NO. The van der Waals surface area contributed by atoms with Crippen molar-refractivity contribution < 1.29 is 4.74 Å². The summed E-state index contributed by atoms with van der Waals surface area (Å²) in [6.45, 7) is 7.91. The molecule has 0 aromatic rings. The van der Waals surface area contributed by atoms with E-state index in [0.29, 0.717) is 5.92 Å². The molecule has 0 fully saturated rings. The van der Waals surface area contributed by atoms with Gasteiger partial charge in [-0.2, -0.15) is 0 Å². The molecule has 12 heavy (non-hydrogen) atoms. The summed E-state index contributed by atoms with van der Waals surface area (Å²) >= 11 is 0. The van der Waals surface area contributed by atoms with E-state index in [-0.39, 0.29) is 0 Å². The second-order valence-electron chi connectivity index (χ2n) is 3.34. The van der Waals surface area contributed by atoms with Gasteiger partial charge in [0.05, 0.1) is 6.61 Å². The quantitative estimate of drug-likeness (QED) is 0.587. The van der Waals surface area contributed by atoms with Crippen molar-refractivity contribution in [3.63, 3.8) is 0 Å². The zero-order valence-electron chi connectivity index (χ0n) is 8.92. The maximum atomic E-state index is 5.26. The van der Waals surface area contributed by atoms with Gasteiger partial charge in [0.2, 0.25) is 0 Å². The van der Waals surface area contributed by atoms with Gasteiger partial charge in [-0.15, -0.1) is 0 Å². The fourth-order valence-electron chi connectivity index (χ4n) is 1.20. The molecule has 0 heterocycles. The van der Waals surface area contributed by atoms with Gasteiger partial charge in [-0.05, 0) is 18.9 Å². The molecule has 0 aromatic heterocycles. The lowest BCUT2D eigenvalue weighted by molar-refractivity contribution is 0.175. The number of hydrogen-bond acceptors (Lipinski definition) is 2. The Labute approximate surface area is 76.2 Å². The van der Waals surface area contributed by atoms with Crippen LogP contribution in [0.25, 0.3) is 0 Å². The molecule has 0 radical (unpaired) electrons. The molecule has 0 unspecified atom stereocenters. The third-order valence-corrected chi connectivity index (χ3v) is 1.72. The molecule has 2 heteroatoms. The molecule has 0 saturated heterocycles. The summed E-state index contributed by atoms with van der Waals surface area (Å²) in [5.41, 5.74) is 1.34. The van der Waals surface area contributed by atoms with Crippen molar-refractivity contribution in [2.24, 2.45) is 5.92 Å². The van der Waals surface area contributed by atoms with E-state index >= 15 is 0 Å². The Morgan fingerprint density at radius 1 is 1.42 bits per heavy atom. The van der Waals surface area contributed by atoms with Gasteiger partial charge in [-0.25, -0.2) is 0 Å². The van der Waals surface area contributed by atoms with E-state index in [9.17, 15) is 0 Å². The number of ether oxygens (including phenoxy) is 1. The van der Waals surface area contributed by atoms with Crippen LogP contribution in [-0.2, 0) is 4.74 Å². The van der Waals surface area contributed by atoms with Crippen LogP contribution in [0.1, 0.15) is 20.8 Å². The highest BCUT2D eigenvalue weighted by Crippen LogP contribution is 2.10. The molecular weight excluding hydrogens is 150 g/mol. The van der Waals surface area contributed by atoms with Crippen LogP contribution < -0.4 is 0 Å². The van der Waals surface area contributed by atoms with Gasteiger partial charge >= 0.3 is 0 Å². The molecule has 0 aromatic carbocycles. The summed E-state index contributed by atoms with van der Waals surface area (Å²) in [5.74, 6) is 0.570. The van der Waals surface area contributed by atoms with Crippen molar-refractivity contribution in [2.75, 3.05) is 27.3 Å². The van der Waals surface area contributed by atoms with E-state index in [2.05, 4.69) is 38.9 Å². The molecule has 0 amide bonds. The van der Waals surface area contributed by atoms with Crippen LogP contribution in [0, 0.1) is 5.92 Å². The lowest BCUT2D eigenvalue weighted by atomic mass is 10.1. The fourth-order valence-corrected chi connectivity index (χ4v) is 1.20. The van der Waals surface area contributed by atoms with Crippen LogP contribution in [-0.4, -0.2) is 32.2 Å². The van der Waals surface area contributed by atoms with E-state index in [1.165, 1.54) is 5.70 Å². The molecule has 0 N–H and O–H groups in total. The summed E-state index contributed by atoms with van der Waals surface area (Å²) in [6, 6.07) is 0. The van der Waals surface area contributed by atoms with Crippen LogP contribution in [0.4, 0.5) is 0 Å². The van der Waals surface area contributed by atoms with Crippen molar-refractivity contribution in [1.29, 1.82) is 0 Å². The van der Waals surface area contributed by atoms with Gasteiger partial charge in [0.25, 0.3) is 0 Å². The molecule has 0 aliphatic heterocycles. The highest BCUT2D eigenvalue weighted by molar-refractivity contribution is 5.02. The third kappa shape index (κ3) is 4.39. The van der Waals surface area contributed by atoms with E-state index < -0.39 is 0 Å². The summed E-state index contributed by atoms with van der Waals surface area (Å²) < 4.78 is 5.26. The number of hydrogen-bond donors (Lipinski definition) is 0. The largest absolute Gasteiger partial charge is 0.381 e. The molecule has 72 valence electrons. The van der Waals surface area contributed by atoms with Gasteiger partial charge in [0.1, 0.15) is 0 Å². The second kappa shape index (κ2) is 6.06. The number of rotatable bonds is 5. The fraction of sp³-hybridized carbons (Fsp3) is 0.800. The van der Waals surface area contributed by atoms with Crippen molar-refractivity contribution in [3.8, 4) is 0 Å². The number of allylic oxidation sites excluding steroid dienone is 1. The summed E-state index contributed by atoms with van der Waals surface area (Å²) in [4.78, 5) is 2.14. The minimum absolute atomic E-state index is 0.570. The smallest absolute Gasteiger partial charge is 0.0666 e. The first-order valence-electron chi connectivity index (χ1n) is 4.54. The van der Waals surface area contributed by atoms with Crippen LogP contribution in [0.5, 0.6) is 0 Å². The Bertz CT molecular complexity index is 129. The van der Waals surface area contributed by atoms with Crippen molar-refractivity contribution in [3.05, 3.63) is 11.8 Å². The SMILES string of the molecule is CCOC/C=C(\C(C)C)N(C)C. The topological polar surface area (TPSA) is 12.5 Å². The highest BCUT2D eigenvalue weighted by atomic mass is 16.5. The van der Waals surface area contributed by atoms with Crippen LogP contribution in [0.2, 0.25) is 0 Å². The van der Waals surface area contributed by atoms with Crippen molar-refractivity contribution >= 4 is 0 Å². The first-order chi connectivity index (χ1) is 5.59. The maximum Gasteiger partial charge on any atom is 0.0666 e. The minimum atomic E-state index is 0.570. The average Bonchev–Trinajstić information content (AvgIpc) is 1.96. The van der Waals surface area contributed by atoms with E-state index in [4.69, 9.17) is 4.74 Å². The predicted molar refractivity (Wildman–Crippen MR) is 53.1 cm³/mol. The Morgan fingerprint density at radius 3 is 2.33 bits per heavy atom. The molecule has 2 nitrogen and oxygen atoms in total. The highest BCUT2D eigenvalue weighted by Gasteiger charge is 2.03. The zero-order valence-corrected chi connectivity index (χ0v) is 8.92. The molecule has 0 saturated carbocycles. The minimum Gasteiger partial charge on any atom is -0.381 e.